The van der Waals surface area contributed by atoms with Crippen molar-refractivity contribution in [3.63, 3.8) is 0 Å². The van der Waals surface area contributed by atoms with E-state index in [0.29, 0.717) is 31.9 Å². The molecule has 2 aromatic carbocycles. The number of thiophene rings is 1. The molecule has 1 aliphatic rings. The Morgan fingerprint density at radius 2 is 1.95 bits per heavy atom. The van der Waals surface area contributed by atoms with Gasteiger partial charge in [0.1, 0.15) is 29.0 Å². The summed E-state index contributed by atoms with van der Waals surface area (Å²) in [5.41, 5.74) is 3.17. The van der Waals surface area contributed by atoms with Gasteiger partial charge in [-0.2, -0.15) is 10.5 Å². The lowest BCUT2D eigenvalue weighted by molar-refractivity contribution is -0.112. The zero-order valence-electron chi connectivity index (χ0n) is 20.7. The molecule has 1 aromatic heterocycles. The Morgan fingerprint density at radius 1 is 1.16 bits per heavy atom. The number of hydrogen-bond acceptors (Lipinski definition) is 7. The lowest BCUT2D eigenvalue weighted by atomic mass is 9.95. The largest absolute Gasteiger partial charge is 0.488 e. The van der Waals surface area contributed by atoms with Crippen molar-refractivity contribution in [1.29, 1.82) is 10.5 Å². The maximum Gasteiger partial charge on any atom is 0.341 e. The fraction of sp³-hybridized carbons (Fsp3) is 0.241. The normalized spacial score (nSPS) is 12.6. The highest BCUT2D eigenvalue weighted by molar-refractivity contribution is 9.10. The third-order valence-corrected chi connectivity index (χ3v) is 7.86. The van der Waals surface area contributed by atoms with Crippen LogP contribution in [0.2, 0.25) is 0 Å². The first-order valence-corrected chi connectivity index (χ1v) is 13.7. The lowest BCUT2D eigenvalue weighted by Gasteiger charge is -2.12. The maximum absolute atomic E-state index is 13.1. The number of halogens is 1. The molecule has 0 bridgehead atoms. The first-order chi connectivity index (χ1) is 18.4. The molecule has 0 saturated heterocycles. The van der Waals surface area contributed by atoms with E-state index in [1.165, 1.54) is 17.4 Å². The molecule has 0 fully saturated rings. The topological polar surface area (TPSA) is 112 Å². The van der Waals surface area contributed by atoms with E-state index in [-0.39, 0.29) is 18.8 Å². The van der Waals surface area contributed by atoms with Crippen LogP contribution in [0.4, 0.5) is 5.00 Å². The number of anilines is 1. The molecule has 192 valence electrons. The molecule has 1 amide bonds. The molecule has 1 N–H and O–H groups in total. The number of carbonyl (C=O) groups excluding carboxylic acids is 2. The van der Waals surface area contributed by atoms with Crippen molar-refractivity contribution in [2.45, 2.75) is 39.2 Å². The van der Waals surface area contributed by atoms with Gasteiger partial charge in [0.15, 0.2) is 0 Å². The molecule has 9 heteroatoms. The molecular weight excluding hydrogens is 566 g/mol. The maximum atomic E-state index is 13.1. The van der Waals surface area contributed by atoms with E-state index < -0.39 is 11.9 Å². The molecule has 3 aromatic rings. The standard InChI is InChI=1S/C29H24BrN3O4S/c1-2-36-29(35)26-22-9-5-6-10-25(22)38-28(26)33-27(34)21(16-32)13-18-11-12-24(23(30)14-18)37-17-20-8-4-3-7-19(20)15-31/h3-4,7-8,11-14H,2,5-6,9-10,17H2,1H3,(H,33,34)/b21-13+. The molecule has 38 heavy (non-hydrogen) atoms. The minimum absolute atomic E-state index is 0.102. The van der Waals surface area contributed by atoms with Gasteiger partial charge in [-0.15, -0.1) is 11.3 Å². The number of aryl methyl sites for hydroxylation is 1. The molecule has 0 radical (unpaired) electrons. The Bertz CT molecular complexity index is 1500. The van der Waals surface area contributed by atoms with Gasteiger partial charge in [-0.3, -0.25) is 4.79 Å². The number of nitriles is 2. The fourth-order valence-electron chi connectivity index (χ4n) is 4.19. The second-order valence-electron chi connectivity index (χ2n) is 8.51. The number of fused-ring (bicyclic) bond motifs is 1. The van der Waals surface area contributed by atoms with Gasteiger partial charge in [-0.25, -0.2) is 4.79 Å². The molecule has 0 saturated carbocycles. The smallest absolute Gasteiger partial charge is 0.341 e. The number of nitrogens with one attached hydrogen (secondary N) is 1. The van der Waals surface area contributed by atoms with Crippen LogP contribution in [0.1, 0.15) is 57.3 Å². The Balaban J connectivity index is 1.52. The van der Waals surface area contributed by atoms with E-state index in [9.17, 15) is 20.1 Å². The van der Waals surface area contributed by atoms with E-state index >= 15 is 0 Å². The zero-order valence-corrected chi connectivity index (χ0v) is 23.1. The molecule has 1 aliphatic carbocycles. The third kappa shape index (κ3) is 6.13. The van der Waals surface area contributed by atoms with Gasteiger partial charge in [-0.1, -0.05) is 24.3 Å². The predicted octanol–water partition coefficient (Wildman–Crippen LogP) is 6.56. The highest BCUT2D eigenvalue weighted by atomic mass is 79.9. The number of ether oxygens (including phenoxy) is 2. The van der Waals surface area contributed by atoms with Crippen LogP contribution in [0.5, 0.6) is 5.75 Å². The van der Waals surface area contributed by atoms with Gasteiger partial charge in [0.2, 0.25) is 0 Å². The Hall–Kier alpha value is -3.92. The van der Waals surface area contributed by atoms with Crippen LogP contribution in [-0.2, 0) is 29.0 Å². The number of amides is 1. The summed E-state index contributed by atoms with van der Waals surface area (Å²) >= 11 is 4.85. The first-order valence-electron chi connectivity index (χ1n) is 12.1. The highest BCUT2D eigenvalue weighted by Crippen LogP contribution is 2.39. The van der Waals surface area contributed by atoms with E-state index in [2.05, 4.69) is 27.3 Å². The van der Waals surface area contributed by atoms with Crippen LogP contribution in [0.15, 0.2) is 52.5 Å². The Labute approximate surface area is 233 Å². The van der Waals surface area contributed by atoms with Crippen molar-refractivity contribution in [2.24, 2.45) is 0 Å². The van der Waals surface area contributed by atoms with Crippen molar-refractivity contribution in [1.82, 2.24) is 0 Å². The number of esters is 1. The number of benzene rings is 2. The molecule has 0 aliphatic heterocycles. The molecular formula is C29H24BrN3O4S. The van der Waals surface area contributed by atoms with Crippen LogP contribution in [0, 0.1) is 22.7 Å². The van der Waals surface area contributed by atoms with Crippen molar-refractivity contribution in [3.8, 4) is 17.9 Å². The molecule has 0 spiro atoms. The van der Waals surface area contributed by atoms with Crippen molar-refractivity contribution >= 4 is 50.2 Å². The van der Waals surface area contributed by atoms with Crippen LogP contribution in [0.3, 0.4) is 0 Å². The van der Waals surface area contributed by atoms with Gasteiger partial charge < -0.3 is 14.8 Å². The van der Waals surface area contributed by atoms with E-state index in [1.807, 2.05) is 18.2 Å². The summed E-state index contributed by atoms with van der Waals surface area (Å²) in [6, 6.07) is 16.5. The summed E-state index contributed by atoms with van der Waals surface area (Å²) < 4.78 is 11.7. The summed E-state index contributed by atoms with van der Waals surface area (Å²) in [5.74, 6) is -0.496. The second-order valence-corrected chi connectivity index (χ2v) is 10.5. The summed E-state index contributed by atoms with van der Waals surface area (Å²) in [6.07, 6.45) is 5.11. The van der Waals surface area contributed by atoms with Crippen LogP contribution in [0.25, 0.3) is 6.08 Å². The van der Waals surface area contributed by atoms with Crippen LogP contribution in [-0.4, -0.2) is 18.5 Å². The SMILES string of the molecule is CCOC(=O)c1c(NC(=O)/C(C#N)=C/c2ccc(OCc3ccccc3C#N)c(Br)c2)sc2c1CCCC2. The Kier molecular flexibility index (Phi) is 8.96. The monoisotopic (exact) mass is 589 g/mol. The Morgan fingerprint density at radius 3 is 2.68 bits per heavy atom. The predicted molar refractivity (Wildman–Crippen MR) is 149 cm³/mol. The average Bonchev–Trinajstić information content (AvgIpc) is 3.29. The minimum Gasteiger partial charge on any atom is -0.488 e. The van der Waals surface area contributed by atoms with Gasteiger partial charge >= 0.3 is 5.97 Å². The van der Waals surface area contributed by atoms with E-state index in [4.69, 9.17) is 9.47 Å². The lowest BCUT2D eigenvalue weighted by Crippen LogP contribution is -2.16. The number of hydrogen-bond donors (Lipinski definition) is 1. The van der Waals surface area contributed by atoms with Crippen molar-refractivity contribution < 1.29 is 19.1 Å². The summed E-state index contributed by atoms with van der Waals surface area (Å²) in [7, 11) is 0. The summed E-state index contributed by atoms with van der Waals surface area (Å²) in [4.78, 5) is 26.8. The van der Waals surface area contributed by atoms with E-state index in [0.717, 1.165) is 41.7 Å². The number of nitrogens with zero attached hydrogens (tertiary/aromatic N) is 2. The highest BCUT2D eigenvalue weighted by Gasteiger charge is 2.27. The molecule has 7 nitrogen and oxygen atoms in total. The average molecular weight is 590 g/mol. The fourth-order valence-corrected chi connectivity index (χ4v) is 5.98. The zero-order chi connectivity index (χ0) is 27.1. The van der Waals surface area contributed by atoms with Gasteiger partial charge in [0.25, 0.3) is 5.91 Å². The quantitative estimate of drug-likeness (QED) is 0.181. The molecule has 4 rings (SSSR count). The molecule has 0 unspecified atom stereocenters. The second kappa shape index (κ2) is 12.6. The summed E-state index contributed by atoms with van der Waals surface area (Å²) in [5, 5.41) is 22.2. The summed E-state index contributed by atoms with van der Waals surface area (Å²) in [6.45, 7) is 2.20. The number of rotatable bonds is 8. The van der Waals surface area contributed by atoms with Gasteiger partial charge in [0, 0.05) is 10.4 Å². The van der Waals surface area contributed by atoms with Crippen LogP contribution < -0.4 is 10.1 Å². The third-order valence-electron chi connectivity index (χ3n) is 6.03. The first kappa shape index (κ1) is 27.1. The molecule has 0 atom stereocenters. The van der Waals surface area contributed by atoms with Crippen molar-refractivity contribution in [3.05, 3.63) is 85.2 Å². The van der Waals surface area contributed by atoms with Gasteiger partial charge in [-0.05, 0) is 83.9 Å². The van der Waals surface area contributed by atoms with Crippen molar-refractivity contribution in [2.75, 3.05) is 11.9 Å². The molecule has 1 heterocycles. The number of carbonyl (C=O) groups is 2. The van der Waals surface area contributed by atoms with E-state index in [1.54, 1.807) is 37.3 Å². The minimum atomic E-state index is -0.596. The van der Waals surface area contributed by atoms with Gasteiger partial charge in [0.05, 0.1) is 28.3 Å². The van der Waals surface area contributed by atoms with Crippen LogP contribution >= 0.6 is 27.3 Å².